The molecule has 0 saturated heterocycles. The average molecular weight is 163 g/mol. The predicted molar refractivity (Wildman–Crippen MR) is 47.3 cm³/mol. The third kappa shape index (κ3) is 4.14. The van der Waals surface area contributed by atoms with Crippen LogP contribution < -0.4 is 5.73 Å². The maximum Gasteiger partial charge on any atom is 0.0628 e. The average Bonchev–Trinajstić information content (AvgIpc) is 1.87. The van der Waals surface area contributed by atoms with E-state index in [1.54, 1.807) is 18.7 Å². The first-order valence-corrected chi connectivity index (χ1v) is 4.55. The Bertz CT molecular complexity index is 87.7. The highest BCUT2D eigenvalue weighted by Crippen LogP contribution is 2.18. The Morgan fingerprint density at radius 1 is 1.40 bits per heavy atom. The van der Waals surface area contributed by atoms with Crippen LogP contribution in [-0.2, 0) is 0 Å². The van der Waals surface area contributed by atoms with Gasteiger partial charge in [0.15, 0.2) is 0 Å². The standard InChI is InChI=1S/C7H17NOS/c1-5(4-8)10-7(3)6(2)9/h5-7,9H,4,8H2,1-3H3. The van der Waals surface area contributed by atoms with Crippen molar-refractivity contribution < 1.29 is 5.11 Å². The molecule has 0 aliphatic rings. The van der Waals surface area contributed by atoms with E-state index >= 15 is 0 Å². The molecular formula is C7H17NOS. The molecule has 0 fully saturated rings. The van der Waals surface area contributed by atoms with Gasteiger partial charge in [0.25, 0.3) is 0 Å². The zero-order chi connectivity index (χ0) is 8.15. The SMILES string of the molecule is CC(CN)SC(C)C(C)O. The Morgan fingerprint density at radius 2 is 1.90 bits per heavy atom. The first kappa shape index (κ1) is 10.3. The summed E-state index contributed by atoms with van der Waals surface area (Å²) in [5.41, 5.74) is 5.42. The Labute approximate surface area is 67.2 Å². The lowest BCUT2D eigenvalue weighted by atomic mass is 10.3. The van der Waals surface area contributed by atoms with Gasteiger partial charge in [0, 0.05) is 17.0 Å². The molecule has 0 radical (unpaired) electrons. The summed E-state index contributed by atoms with van der Waals surface area (Å²) >= 11 is 1.73. The molecule has 3 N–H and O–H groups in total. The van der Waals surface area contributed by atoms with Gasteiger partial charge in [0.1, 0.15) is 0 Å². The smallest absolute Gasteiger partial charge is 0.0628 e. The molecule has 2 nitrogen and oxygen atoms in total. The lowest BCUT2D eigenvalue weighted by Gasteiger charge is -2.17. The molecule has 0 aromatic carbocycles. The molecular weight excluding hydrogens is 146 g/mol. The van der Waals surface area contributed by atoms with E-state index in [0.29, 0.717) is 17.0 Å². The summed E-state index contributed by atoms with van der Waals surface area (Å²) in [4.78, 5) is 0. The summed E-state index contributed by atoms with van der Waals surface area (Å²) in [6.07, 6.45) is -0.237. The molecule has 0 rings (SSSR count). The Morgan fingerprint density at radius 3 is 2.20 bits per heavy atom. The molecule has 3 unspecified atom stereocenters. The van der Waals surface area contributed by atoms with E-state index in [4.69, 9.17) is 10.8 Å². The summed E-state index contributed by atoms with van der Waals surface area (Å²) in [6, 6.07) is 0. The first-order chi connectivity index (χ1) is 4.57. The van der Waals surface area contributed by atoms with Crippen LogP contribution >= 0.6 is 11.8 Å². The monoisotopic (exact) mass is 163 g/mol. The van der Waals surface area contributed by atoms with Crippen molar-refractivity contribution in [3.8, 4) is 0 Å². The number of hydrogen-bond acceptors (Lipinski definition) is 3. The highest BCUT2D eigenvalue weighted by Gasteiger charge is 2.11. The van der Waals surface area contributed by atoms with Gasteiger partial charge in [-0.3, -0.25) is 0 Å². The van der Waals surface area contributed by atoms with Crippen molar-refractivity contribution >= 4 is 11.8 Å². The normalized spacial score (nSPS) is 20.1. The zero-order valence-electron chi connectivity index (χ0n) is 6.87. The van der Waals surface area contributed by atoms with Crippen LogP contribution in [0.15, 0.2) is 0 Å². The maximum absolute atomic E-state index is 9.10. The molecule has 0 saturated carbocycles. The molecule has 62 valence electrons. The van der Waals surface area contributed by atoms with Crippen molar-refractivity contribution in [1.82, 2.24) is 0 Å². The van der Waals surface area contributed by atoms with E-state index in [2.05, 4.69) is 6.92 Å². The number of thioether (sulfide) groups is 1. The molecule has 0 aromatic heterocycles. The summed E-state index contributed by atoms with van der Waals surface area (Å²) in [7, 11) is 0. The minimum Gasteiger partial charge on any atom is -0.392 e. The lowest BCUT2D eigenvalue weighted by molar-refractivity contribution is 0.196. The third-order valence-electron chi connectivity index (χ3n) is 1.46. The molecule has 0 aliphatic heterocycles. The van der Waals surface area contributed by atoms with Gasteiger partial charge in [-0.25, -0.2) is 0 Å². The Hall–Kier alpha value is 0.270. The van der Waals surface area contributed by atoms with Crippen LogP contribution in [0.3, 0.4) is 0 Å². The summed E-state index contributed by atoms with van der Waals surface area (Å²) in [5.74, 6) is 0. The minimum atomic E-state index is -0.237. The van der Waals surface area contributed by atoms with Gasteiger partial charge in [-0.2, -0.15) is 11.8 Å². The fourth-order valence-corrected chi connectivity index (χ4v) is 1.61. The highest BCUT2D eigenvalue weighted by atomic mass is 32.2. The number of aliphatic hydroxyl groups excluding tert-OH is 1. The van der Waals surface area contributed by atoms with Crippen molar-refractivity contribution in [3.63, 3.8) is 0 Å². The molecule has 0 heterocycles. The molecule has 0 spiro atoms. The third-order valence-corrected chi connectivity index (χ3v) is 2.94. The van der Waals surface area contributed by atoms with Crippen molar-refractivity contribution in [2.45, 2.75) is 37.4 Å². The van der Waals surface area contributed by atoms with E-state index in [0.717, 1.165) is 0 Å². The van der Waals surface area contributed by atoms with Gasteiger partial charge in [-0.15, -0.1) is 0 Å². The molecule has 0 aromatic rings. The van der Waals surface area contributed by atoms with Gasteiger partial charge >= 0.3 is 0 Å². The van der Waals surface area contributed by atoms with E-state index in [-0.39, 0.29) is 6.10 Å². The molecule has 3 atom stereocenters. The molecule has 3 heteroatoms. The van der Waals surface area contributed by atoms with Crippen LogP contribution in [0, 0.1) is 0 Å². The molecule has 0 aliphatic carbocycles. The van der Waals surface area contributed by atoms with Crippen molar-refractivity contribution in [2.75, 3.05) is 6.54 Å². The molecule has 10 heavy (non-hydrogen) atoms. The van der Waals surface area contributed by atoms with E-state index < -0.39 is 0 Å². The quantitative estimate of drug-likeness (QED) is 0.645. The van der Waals surface area contributed by atoms with Crippen molar-refractivity contribution in [2.24, 2.45) is 5.73 Å². The number of hydrogen-bond donors (Lipinski definition) is 2. The topological polar surface area (TPSA) is 46.2 Å². The molecule has 0 amide bonds. The summed E-state index contributed by atoms with van der Waals surface area (Å²) in [5, 5.41) is 9.84. The highest BCUT2D eigenvalue weighted by molar-refractivity contribution is 8.00. The van der Waals surface area contributed by atoms with Crippen LogP contribution in [0.25, 0.3) is 0 Å². The number of nitrogens with two attached hydrogens (primary N) is 1. The maximum atomic E-state index is 9.10. The fraction of sp³-hybridized carbons (Fsp3) is 1.00. The lowest BCUT2D eigenvalue weighted by Crippen LogP contribution is -2.22. The number of rotatable bonds is 4. The number of aliphatic hydroxyl groups is 1. The van der Waals surface area contributed by atoms with Gasteiger partial charge in [0.2, 0.25) is 0 Å². The van der Waals surface area contributed by atoms with Gasteiger partial charge in [-0.05, 0) is 6.92 Å². The van der Waals surface area contributed by atoms with Crippen LogP contribution in [0.2, 0.25) is 0 Å². The van der Waals surface area contributed by atoms with Gasteiger partial charge < -0.3 is 10.8 Å². The first-order valence-electron chi connectivity index (χ1n) is 3.61. The van der Waals surface area contributed by atoms with Gasteiger partial charge in [0.05, 0.1) is 6.10 Å². The predicted octanol–water partition coefficient (Wildman–Crippen LogP) is 0.836. The van der Waals surface area contributed by atoms with E-state index in [1.165, 1.54) is 0 Å². The van der Waals surface area contributed by atoms with Crippen molar-refractivity contribution in [1.29, 1.82) is 0 Å². The minimum absolute atomic E-state index is 0.237. The summed E-state index contributed by atoms with van der Waals surface area (Å²) in [6.45, 7) is 6.58. The Kier molecular flexibility index (Phi) is 5.13. The zero-order valence-corrected chi connectivity index (χ0v) is 7.69. The van der Waals surface area contributed by atoms with Crippen LogP contribution in [-0.4, -0.2) is 28.3 Å². The Balaban J connectivity index is 3.46. The molecule has 0 bridgehead atoms. The fourth-order valence-electron chi connectivity index (χ4n) is 0.536. The van der Waals surface area contributed by atoms with E-state index in [1.807, 2.05) is 6.92 Å². The largest absolute Gasteiger partial charge is 0.392 e. The van der Waals surface area contributed by atoms with E-state index in [9.17, 15) is 0 Å². The van der Waals surface area contributed by atoms with Crippen LogP contribution in [0.5, 0.6) is 0 Å². The second-order valence-electron chi connectivity index (χ2n) is 2.63. The summed E-state index contributed by atoms with van der Waals surface area (Å²) < 4.78 is 0. The second-order valence-corrected chi connectivity index (χ2v) is 4.45. The van der Waals surface area contributed by atoms with Gasteiger partial charge in [-0.1, -0.05) is 13.8 Å². The van der Waals surface area contributed by atoms with Crippen LogP contribution in [0.1, 0.15) is 20.8 Å². The second kappa shape index (κ2) is 4.99. The van der Waals surface area contributed by atoms with Crippen LogP contribution in [0.4, 0.5) is 0 Å². The van der Waals surface area contributed by atoms with Crippen molar-refractivity contribution in [3.05, 3.63) is 0 Å².